The lowest BCUT2D eigenvalue weighted by Crippen LogP contribution is -2.48. The fourth-order valence-electron chi connectivity index (χ4n) is 1.99. The summed E-state index contributed by atoms with van der Waals surface area (Å²) >= 11 is 0. The zero-order valence-corrected chi connectivity index (χ0v) is 10.7. The Hall–Kier alpha value is -1.26. The van der Waals surface area contributed by atoms with E-state index >= 15 is 0 Å². The molecular weight excluding hydrogens is 220 g/mol. The van der Waals surface area contributed by atoms with Gasteiger partial charge in [0.05, 0.1) is 0 Å². The lowest BCUT2D eigenvalue weighted by atomic mass is 10.1. The lowest BCUT2D eigenvalue weighted by Gasteiger charge is -2.31. The number of hydrogen-bond acceptors (Lipinski definition) is 2. The van der Waals surface area contributed by atoms with E-state index in [1.54, 1.807) is 11.9 Å². The van der Waals surface area contributed by atoms with Crippen LogP contribution >= 0.6 is 0 Å². The Bertz CT molecular complexity index is 273. The number of nitrogens with zero attached hydrogens (tertiary/aromatic N) is 2. The van der Waals surface area contributed by atoms with Crippen LogP contribution in [0.3, 0.4) is 0 Å². The molecule has 0 aromatic rings. The van der Waals surface area contributed by atoms with Crippen LogP contribution in [-0.2, 0) is 4.79 Å². The van der Waals surface area contributed by atoms with Gasteiger partial charge in [0.15, 0.2) is 0 Å². The minimum Gasteiger partial charge on any atom is -0.480 e. The van der Waals surface area contributed by atoms with Gasteiger partial charge in [-0.2, -0.15) is 0 Å². The Morgan fingerprint density at radius 3 is 2.06 bits per heavy atom. The molecule has 0 aromatic heterocycles. The van der Waals surface area contributed by atoms with Crippen LogP contribution in [-0.4, -0.2) is 53.1 Å². The molecule has 2 amide bonds. The summed E-state index contributed by atoms with van der Waals surface area (Å²) in [7, 11) is 1.56. The minimum absolute atomic E-state index is 0.165. The number of carboxylic acid groups (broad SMARTS) is 1. The molecule has 1 rings (SSSR count). The summed E-state index contributed by atoms with van der Waals surface area (Å²) in [5.74, 6) is -0.965. The number of rotatable bonds is 2. The zero-order valence-electron chi connectivity index (χ0n) is 10.7. The van der Waals surface area contributed by atoms with Crippen LogP contribution < -0.4 is 0 Å². The van der Waals surface area contributed by atoms with Crippen molar-refractivity contribution in [1.82, 2.24) is 9.80 Å². The number of likely N-dealkylation sites (tertiary alicyclic amines) is 1. The Morgan fingerprint density at radius 2 is 1.59 bits per heavy atom. The first-order chi connectivity index (χ1) is 8.04. The van der Waals surface area contributed by atoms with Gasteiger partial charge in [-0.05, 0) is 19.8 Å². The Morgan fingerprint density at radius 1 is 1.12 bits per heavy atom. The van der Waals surface area contributed by atoms with Gasteiger partial charge in [0.25, 0.3) is 0 Å². The predicted octanol–water partition coefficient (Wildman–Crippen LogP) is 1.78. The number of likely N-dealkylation sites (N-methyl/N-ethyl adjacent to an activating group) is 1. The van der Waals surface area contributed by atoms with Gasteiger partial charge in [-0.15, -0.1) is 0 Å². The largest absolute Gasteiger partial charge is 0.480 e. The highest BCUT2D eigenvalue weighted by molar-refractivity contribution is 5.82. The van der Waals surface area contributed by atoms with Crippen LogP contribution in [0.15, 0.2) is 0 Å². The monoisotopic (exact) mass is 242 g/mol. The first kappa shape index (κ1) is 13.8. The number of carbonyl (C=O) groups is 2. The molecule has 0 aliphatic carbocycles. The van der Waals surface area contributed by atoms with Crippen LogP contribution in [0.4, 0.5) is 4.79 Å². The molecule has 5 nitrogen and oxygen atoms in total. The quantitative estimate of drug-likeness (QED) is 0.803. The smallest absolute Gasteiger partial charge is 0.326 e. The van der Waals surface area contributed by atoms with E-state index in [9.17, 15) is 9.59 Å². The molecule has 1 heterocycles. The molecule has 1 unspecified atom stereocenters. The van der Waals surface area contributed by atoms with Gasteiger partial charge in [0, 0.05) is 20.1 Å². The molecule has 1 atom stereocenters. The van der Waals surface area contributed by atoms with Gasteiger partial charge >= 0.3 is 12.0 Å². The van der Waals surface area contributed by atoms with Gasteiger partial charge < -0.3 is 14.9 Å². The molecule has 1 aliphatic rings. The molecule has 1 saturated heterocycles. The fourth-order valence-corrected chi connectivity index (χ4v) is 1.99. The maximum atomic E-state index is 12.1. The fraction of sp³-hybridized carbons (Fsp3) is 0.833. The standard InChI is InChI=1S/C12H22N2O3/c1-10(11(15)16)13(2)12(17)14-8-6-4-3-5-7-9-14/h10H,3-9H2,1-2H3,(H,15,16). The Kier molecular flexibility index (Phi) is 5.25. The second-order valence-corrected chi connectivity index (χ2v) is 4.66. The highest BCUT2D eigenvalue weighted by atomic mass is 16.4. The van der Waals surface area contributed by atoms with E-state index in [2.05, 4.69) is 0 Å². The highest BCUT2D eigenvalue weighted by Gasteiger charge is 2.25. The molecule has 5 heteroatoms. The molecule has 0 bridgehead atoms. The topological polar surface area (TPSA) is 60.9 Å². The third-order valence-electron chi connectivity index (χ3n) is 3.37. The Labute approximate surface area is 102 Å². The summed E-state index contributed by atoms with van der Waals surface area (Å²) in [4.78, 5) is 26.0. The zero-order chi connectivity index (χ0) is 12.8. The summed E-state index contributed by atoms with van der Waals surface area (Å²) in [6, 6.07) is -0.935. The summed E-state index contributed by atoms with van der Waals surface area (Å²) in [5, 5.41) is 8.89. The number of carbonyl (C=O) groups excluding carboxylic acids is 1. The van der Waals surface area contributed by atoms with E-state index in [0.29, 0.717) is 0 Å². The summed E-state index contributed by atoms with van der Waals surface area (Å²) in [5.41, 5.74) is 0. The first-order valence-corrected chi connectivity index (χ1v) is 6.28. The Balaban J connectivity index is 2.56. The molecule has 0 spiro atoms. The van der Waals surface area contributed by atoms with Crippen molar-refractivity contribution >= 4 is 12.0 Å². The maximum Gasteiger partial charge on any atom is 0.326 e. The van der Waals surface area contributed by atoms with Crippen LogP contribution in [0.25, 0.3) is 0 Å². The van der Waals surface area contributed by atoms with Crippen LogP contribution in [0.5, 0.6) is 0 Å². The van der Waals surface area contributed by atoms with E-state index in [0.717, 1.165) is 38.8 Å². The maximum absolute atomic E-state index is 12.1. The van der Waals surface area contributed by atoms with Gasteiger partial charge in [-0.1, -0.05) is 19.3 Å². The van der Waals surface area contributed by atoms with Crippen molar-refractivity contribution in [3.63, 3.8) is 0 Å². The molecule has 1 fully saturated rings. The molecule has 1 aliphatic heterocycles. The first-order valence-electron chi connectivity index (χ1n) is 6.28. The normalized spacial score (nSPS) is 19.1. The molecule has 0 aromatic carbocycles. The molecule has 98 valence electrons. The van der Waals surface area contributed by atoms with Gasteiger partial charge in [-0.3, -0.25) is 0 Å². The van der Waals surface area contributed by atoms with Gasteiger partial charge in [-0.25, -0.2) is 9.59 Å². The second kappa shape index (κ2) is 6.47. The van der Waals surface area contributed by atoms with E-state index in [1.165, 1.54) is 18.2 Å². The minimum atomic E-state index is -0.965. The number of amides is 2. The number of aliphatic carboxylic acids is 1. The van der Waals surface area contributed by atoms with Crippen molar-refractivity contribution in [3.05, 3.63) is 0 Å². The molecule has 0 radical (unpaired) electrons. The van der Waals surface area contributed by atoms with E-state index < -0.39 is 12.0 Å². The molecular formula is C12H22N2O3. The van der Waals surface area contributed by atoms with Crippen LogP contribution in [0.2, 0.25) is 0 Å². The van der Waals surface area contributed by atoms with Crippen molar-refractivity contribution < 1.29 is 14.7 Å². The van der Waals surface area contributed by atoms with Crippen molar-refractivity contribution in [3.8, 4) is 0 Å². The van der Waals surface area contributed by atoms with Gasteiger partial charge in [0.1, 0.15) is 6.04 Å². The van der Waals surface area contributed by atoms with Crippen molar-refractivity contribution in [2.45, 2.75) is 45.1 Å². The second-order valence-electron chi connectivity index (χ2n) is 4.66. The summed E-state index contributed by atoms with van der Waals surface area (Å²) < 4.78 is 0. The third-order valence-corrected chi connectivity index (χ3v) is 3.37. The van der Waals surface area contributed by atoms with E-state index in [4.69, 9.17) is 5.11 Å². The summed E-state index contributed by atoms with van der Waals surface area (Å²) in [6.45, 7) is 3.02. The summed E-state index contributed by atoms with van der Waals surface area (Å²) in [6.07, 6.45) is 5.58. The molecule has 0 saturated carbocycles. The highest BCUT2D eigenvalue weighted by Crippen LogP contribution is 2.12. The third kappa shape index (κ3) is 3.91. The van der Waals surface area contributed by atoms with E-state index in [1.807, 2.05) is 0 Å². The van der Waals surface area contributed by atoms with Crippen molar-refractivity contribution in [1.29, 1.82) is 0 Å². The molecule has 17 heavy (non-hydrogen) atoms. The number of hydrogen-bond donors (Lipinski definition) is 1. The van der Waals surface area contributed by atoms with Crippen LogP contribution in [0.1, 0.15) is 39.0 Å². The molecule has 1 N–H and O–H groups in total. The number of urea groups is 1. The van der Waals surface area contributed by atoms with Crippen molar-refractivity contribution in [2.75, 3.05) is 20.1 Å². The van der Waals surface area contributed by atoms with Crippen LogP contribution in [0, 0.1) is 0 Å². The predicted molar refractivity (Wildman–Crippen MR) is 64.9 cm³/mol. The van der Waals surface area contributed by atoms with Gasteiger partial charge in [0.2, 0.25) is 0 Å². The average molecular weight is 242 g/mol. The SMILES string of the molecule is CC(C(=O)O)N(C)C(=O)N1CCCCCCC1. The average Bonchev–Trinajstić information content (AvgIpc) is 2.25. The number of carboxylic acids is 1. The lowest BCUT2D eigenvalue weighted by molar-refractivity contribution is -0.141. The van der Waals surface area contributed by atoms with Crippen molar-refractivity contribution in [2.24, 2.45) is 0 Å². The van der Waals surface area contributed by atoms with E-state index in [-0.39, 0.29) is 6.03 Å².